The average molecular weight is 300 g/mol. The minimum Gasteiger partial charge on any atom is -0.489 e. The van der Waals surface area contributed by atoms with E-state index in [9.17, 15) is 10.0 Å². The summed E-state index contributed by atoms with van der Waals surface area (Å²) in [7, 11) is 1.63. The van der Waals surface area contributed by atoms with Crippen LogP contribution in [0.4, 0.5) is 10.5 Å². The number of carbonyl (C=O) groups excluding carboxylic acids is 1. The molecule has 2 aromatic carbocycles. The Balaban J connectivity index is 1.96. The Morgan fingerprint density at radius 3 is 2.32 bits per heavy atom. The summed E-state index contributed by atoms with van der Waals surface area (Å²) in [5, 5.41) is 10.5. The fourth-order valence-electron chi connectivity index (χ4n) is 1.83. The molecule has 5 heteroatoms. The van der Waals surface area contributed by atoms with Crippen LogP contribution in [-0.4, -0.2) is 29.7 Å². The van der Waals surface area contributed by atoms with Crippen LogP contribution in [0.15, 0.2) is 54.6 Å². The SMILES string of the molecule is CCN(C)C(=O)N(O)c1ccc(OCc2ccccc2)cc1. The minimum atomic E-state index is -0.472. The number of hydrogen-bond acceptors (Lipinski definition) is 3. The molecule has 116 valence electrons. The van der Waals surface area contributed by atoms with Crippen LogP contribution in [0.3, 0.4) is 0 Å². The summed E-state index contributed by atoms with van der Waals surface area (Å²) >= 11 is 0. The van der Waals surface area contributed by atoms with Crippen molar-refractivity contribution in [3.63, 3.8) is 0 Å². The molecule has 0 spiro atoms. The van der Waals surface area contributed by atoms with E-state index in [1.807, 2.05) is 37.3 Å². The van der Waals surface area contributed by atoms with Gasteiger partial charge in [-0.1, -0.05) is 30.3 Å². The molecule has 0 bridgehead atoms. The zero-order valence-corrected chi connectivity index (χ0v) is 12.8. The Morgan fingerprint density at radius 1 is 1.09 bits per heavy atom. The third-order valence-electron chi connectivity index (χ3n) is 3.31. The van der Waals surface area contributed by atoms with Gasteiger partial charge in [-0.2, -0.15) is 5.06 Å². The molecule has 0 aromatic heterocycles. The molecule has 0 atom stereocenters. The number of ether oxygens (including phenoxy) is 1. The molecule has 22 heavy (non-hydrogen) atoms. The van der Waals surface area contributed by atoms with Crippen molar-refractivity contribution < 1.29 is 14.7 Å². The van der Waals surface area contributed by atoms with Crippen LogP contribution in [-0.2, 0) is 6.61 Å². The van der Waals surface area contributed by atoms with Crippen LogP contribution in [0, 0.1) is 0 Å². The molecule has 0 saturated heterocycles. The number of hydrogen-bond donors (Lipinski definition) is 1. The highest BCUT2D eigenvalue weighted by molar-refractivity contribution is 5.89. The largest absolute Gasteiger partial charge is 0.489 e. The summed E-state index contributed by atoms with van der Waals surface area (Å²) in [6, 6.07) is 16.1. The number of anilines is 1. The van der Waals surface area contributed by atoms with Crippen molar-refractivity contribution in [1.82, 2.24) is 4.90 Å². The maximum absolute atomic E-state index is 11.8. The standard InChI is InChI=1S/C17H20N2O3/c1-3-18(2)17(20)19(21)15-9-11-16(12-10-15)22-13-14-7-5-4-6-8-14/h4-12,21H,3,13H2,1-2H3. The van der Waals surface area contributed by atoms with Crippen molar-refractivity contribution in [2.45, 2.75) is 13.5 Å². The third kappa shape index (κ3) is 3.99. The van der Waals surface area contributed by atoms with Gasteiger partial charge in [-0.15, -0.1) is 0 Å². The van der Waals surface area contributed by atoms with Crippen molar-refractivity contribution >= 4 is 11.7 Å². The van der Waals surface area contributed by atoms with Crippen molar-refractivity contribution in [3.05, 3.63) is 60.2 Å². The topological polar surface area (TPSA) is 53.0 Å². The molecule has 0 unspecified atom stereocenters. The molecule has 0 aliphatic rings. The molecule has 2 amide bonds. The number of nitrogens with zero attached hydrogens (tertiary/aromatic N) is 2. The quantitative estimate of drug-likeness (QED) is 0.679. The zero-order valence-electron chi connectivity index (χ0n) is 12.8. The molecule has 2 rings (SSSR count). The van der Waals surface area contributed by atoms with E-state index in [2.05, 4.69) is 0 Å². The van der Waals surface area contributed by atoms with Crippen molar-refractivity contribution in [3.8, 4) is 5.75 Å². The fourth-order valence-corrected chi connectivity index (χ4v) is 1.83. The van der Waals surface area contributed by atoms with E-state index in [0.29, 0.717) is 29.7 Å². The number of carbonyl (C=O) groups is 1. The lowest BCUT2D eigenvalue weighted by Crippen LogP contribution is -2.39. The highest BCUT2D eigenvalue weighted by atomic mass is 16.5. The second kappa shape index (κ2) is 7.47. The maximum Gasteiger partial charge on any atom is 0.348 e. The average Bonchev–Trinajstić information content (AvgIpc) is 2.59. The smallest absolute Gasteiger partial charge is 0.348 e. The Kier molecular flexibility index (Phi) is 5.38. The van der Waals surface area contributed by atoms with Crippen molar-refractivity contribution in [2.75, 3.05) is 18.7 Å². The van der Waals surface area contributed by atoms with Gasteiger partial charge in [0.15, 0.2) is 0 Å². The molecule has 0 heterocycles. The number of rotatable bonds is 5. The summed E-state index contributed by atoms with van der Waals surface area (Å²) in [6.07, 6.45) is 0. The van der Waals surface area contributed by atoms with E-state index in [-0.39, 0.29) is 0 Å². The van der Waals surface area contributed by atoms with Gasteiger partial charge in [0.25, 0.3) is 0 Å². The lowest BCUT2D eigenvalue weighted by atomic mass is 10.2. The monoisotopic (exact) mass is 300 g/mol. The number of benzene rings is 2. The van der Waals surface area contributed by atoms with Crippen LogP contribution in [0.25, 0.3) is 0 Å². The molecule has 2 aromatic rings. The second-order valence-electron chi connectivity index (χ2n) is 4.88. The Labute approximate surface area is 130 Å². The lowest BCUT2D eigenvalue weighted by Gasteiger charge is -2.21. The zero-order chi connectivity index (χ0) is 15.9. The highest BCUT2D eigenvalue weighted by Gasteiger charge is 2.16. The maximum atomic E-state index is 11.8. The van der Waals surface area contributed by atoms with Crippen molar-refractivity contribution in [1.29, 1.82) is 0 Å². The van der Waals surface area contributed by atoms with Crippen LogP contribution in [0.5, 0.6) is 5.75 Å². The normalized spacial score (nSPS) is 10.1. The lowest BCUT2D eigenvalue weighted by molar-refractivity contribution is 0.177. The third-order valence-corrected chi connectivity index (χ3v) is 3.31. The first-order chi connectivity index (χ1) is 10.6. The molecule has 1 N–H and O–H groups in total. The number of hydroxylamine groups is 1. The summed E-state index contributed by atoms with van der Waals surface area (Å²) in [5.41, 5.74) is 1.48. The van der Waals surface area contributed by atoms with E-state index in [1.54, 1.807) is 31.3 Å². The number of amides is 2. The Morgan fingerprint density at radius 2 is 1.73 bits per heavy atom. The summed E-state index contributed by atoms with van der Waals surface area (Å²) in [5.74, 6) is 0.678. The summed E-state index contributed by atoms with van der Waals surface area (Å²) in [4.78, 5) is 13.3. The molecule has 0 fully saturated rings. The Hall–Kier alpha value is -2.53. The van der Waals surface area contributed by atoms with Crippen LogP contribution < -0.4 is 9.80 Å². The second-order valence-corrected chi connectivity index (χ2v) is 4.88. The van der Waals surface area contributed by atoms with E-state index in [1.165, 1.54) is 4.90 Å². The van der Waals surface area contributed by atoms with Gasteiger partial charge >= 0.3 is 6.03 Å². The van der Waals surface area contributed by atoms with Gasteiger partial charge in [0.2, 0.25) is 0 Å². The van der Waals surface area contributed by atoms with Crippen LogP contribution in [0.1, 0.15) is 12.5 Å². The van der Waals surface area contributed by atoms with Crippen molar-refractivity contribution in [2.24, 2.45) is 0 Å². The van der Waals surface area contributed by atoms with Crippen LogP contribution >= 0.6 is 0 Å². The highest BCUT2D eigenvalue weighted by Crippen LogP contribution is 2.20. The van der Waals surface area contributed by atoms with E-state index in [4.69, 9.17) is 4.74 Å². The fraction of sp³-hybridized carbons (Fsp3) is 0.235. The first-order valence-corrected chi connectivity index (χ1v) is 7.12. The van der Waals surface area contributed by atoms with Gasteiger partial charge < -0.3 is 9.64 Å². The van der Waals surface area contributed by atoms with E-state index in [0.717, 1.165) is 5.56 Å². The van der Waals surface area contributed by atoms with Gasteiger partial charge in [-0.3, -0.25) is 5.21 Å². The van der Waals surface area contributed by atoms with Crippen LogP contribution in [0.2, 0.25) is 0 Å². The molecule has 0 saturated carbocycles. The molecular formula is C17H20N2O3. The minimum absolute atomic E-state index is 0.400. The molecular weight excluding hydrogens is 280 g/mol. The molecule has 5 nitrogen and oxygen atoms in total. The molecule has 0 radical (unpaired) electrons. The predicted molar refractivity (Wildman–Crippen MR) is 85.2 cm³/mol. The van der Waals surface area contributed by atoms with Gasteiger partial charge in [0.1, 0.15) is 12.4 Å². The summed E-state index contributed by atoms with van der Waals surface area (Å²) in [6.45, 7) is 2.83. The Bertz CT molecular complexity index is 599. The van der Waals surface area contributed by atoms with E-state index >= 15 is 0 Å². The van der Waals surface area contributed by atoms with Gasteiger partial charge in [-0.25, -0.2) is 4.79 Å². The van der Waals surface area contributed by atoms with Gasteiger partial charge in [0, 0.05) is 13.6 Å². The van der Waals surface area contributed by atoms with Gasteiger partial charge in [0.05, 0.1) is 5.69 Å². The molecule has 0 aliphatic carbocycles. The first kappa shape index (κ1) is 15.9. The summed E-state index contributed by atoms with van der Waals surface area (Å²) < 4.78 is 5.66. The number of urea groups is 1. The molecule has 0 aliphatic heterocycles. The van der Waals surface area contributed by atoms with Gasteiger partial charge in [-0.05, 0) is 36.8 Å². The van der Waals surface area contributed by atoms with E-state index < -0.39 is 6.03 Å². The predicted octanol–water partition coefficient (Wildman–Crippen LogP) is 3.53. The first-order valence-electron chi connectivity index (χ1n) is 7.12.